The van der Waals surface area contributed by atoms with Gasteiger partial charge in [-0.25, -0.2) is 0 Å². The number of Topliss-reactive ketones (excluding diaryl/α,β-unsaturated/α-hetero) is 1. The van der Waals surface area contributed by atoms with E-state index in [0.29, 0.717) is 36.9 Å². The number of carbonyl (C=O) groups excluding carboxylic acids is 1. The summed E-state index contributed by atoms with van der Waals surface area (Å²) in [5.74, 6) is 1.77. The Morgan fingerprint density at radius 3 is 2.42 bits per heavy atom. The first kappa shape index (κ1) is 22.8. The fourth-order valence-electron chi connectivity index (χ4n) is 3.49. The van der Waals surface area contributed by atoms with Crippen molar-refractivity contribution >= 4 is 5.78 Å². The number of ketones is 1. The molecule has 1 aromatic heterocycles. The van der Waals surface area contributed by atoms with Crippen molar-refractivity contribution in [2.75, 3.05) is 13.2 Å². The van der Waals surface area contributed by atoms with Gasteiger partial charge in [-0.1, -0.05) is 50.2 Å². The van der Waals surface area contributed by atoms with E-state index >= 15 is 0 Å². The molecule has 0 amide bonds. The Labute approximate surface area is 184 Å². The van der Waals surface area contributed by atoms with Crippen molar-refractivity contribution in [1.29, 1.82) is 0 Å². The lowest BCUT2D eigenvalue weighted by Gasteiger charge is -2.25. The van der Waals surface area contributed by atoms with Crippen LogP contribution in [0.15, 0.2) is 71.3 Å². The van der Waals surface area contributed by atoms with Crippen LogP contribution >= 0.6 is 0 Å². The fourth-order valence-corrected chi connectivity index (χ4v) is 3.49. The average Bonchev–Trinajstić information content (AvgIpc) is 3.25. The molecule has 1 atom stereocenters. The molecule has 0 bridgehead atoms. The molecule has 3 aromatic rings. The van der Waals surface area contributed by atoms with Gasteiger partial charge in [-0.15, -0.1) is 0 Å². The Morgan fingerprint density at radius 2 is 1.77 bits per heavy atom. The van der Waals surface area contributed by atoms with E-state index in [-0.39, 0.29) is 12.4 Å². The molecule has 1 heterocycles. The maximum Gasteiger partial charge on any atom is 0.163 e. The Kier molecular flexibility index (Phi) is 8.04. The molecule has 1 N–H and O–H groups in total. The fraction of sp³-hybridized carbons (Fsp3) is 0.346. The monoisotopic (exact) mass is 421 g/mol. The third-order valence-corrected chi connectivity index (χ3v) is 5.18. The standard InChI is InChI=1S/C26H31NO4/c1-19(2)22-12-10-21(11-13-22)15-27(17-24-7-6-14-30-24)16-23(29)18-31-26-9-5-4-8-25(26)20(3)28/h4-14,19,23,29H,15-18H2,1-3H3. The minimum Gasteiger partial charge on any atom is -0.490 e. The first-order valence-electron chi connectivity index (χ1n) is 10.7. The SMILES string of the molecule is CC(=O)c1ccccc1OCC(O)CN(Cc1ccc(C(C)C)cc1)Cc1ccco1. The maximum atomic E-state index is 11.8. The zero-order chi connectivity index (χ0) is 22.2. The minimum absolute atomic E-state index is 0.0608. The smallest absolute Gasteiger partial charge is 0.163 e. The highest BCUT2D eigenvalue weighted by Gasteiger charge is 2.16. The summed E-state index contributed by atoms with van der Waals surface area (Å²) in [6.45, 7) is 7.65. The van der Waals surface area contributed by atoms with Crippen LogP contribution in [0.3, 0.4) is 0 Å². The molecule has 0 aliphatic carbocycles. The van der Waals surface area contributed by atoms with Crippen molar-refractivity contribution in [1.82, 2.24) is 4.90 Å². The Morgan fingerprint density at radius 1 is 1.03 bits per heavy atom. The van der Waals surface area contributed by atoms with Crippen molar-refractivity contribution in [3.8, 4) is 5.75 Å². The topological polar surface area (TPSA) is 62.9 Å². The predicted molar refractivity (Wildman–Crippen MR) is 121 cm³/mol. The van der Waals surface area contributed by atoms with Gasteiger partial charge in [-0.2, -0.15) is 0 Å². The van der Waals surface area contributed by atoms with Gasteiger partial charge >= 0.3 is 0 Å². The number of hydrogen-bond donors (Lipinski definition) is 1. The number of carbonyl (C=O) groups is 1. The quantitative estimate of drug-likeness (QED) is 0.439. The number of benzene rings is 2. The van der Waals surface area contributed by atoms with Crippen molar-refractivity contribution in [3.63, 3.8) is 0 Å². The van der Waals surface area contributed by atoms with E-state index in [1.807, 2.05) is 18.2 Å². The van der Waals surface area contributed by atoms with Crippen LogP contribution in [0.5, 0.6) is 5.75 Å². The minimum atomic E-state index is -0.718. The molecule has 0 aliphatic heterocycles. The summed E-state index contributed by atoms with van der Waals surface area (Å²) in [4.78, 5) is 13.9. The van der Waals surface area contributed by atoms with E-state index in [2.05, 4.69) is 43.0 Å². The molecule has 0 saturated carbocycles. The molecule has 0 fully saturated rings. The first-order chi connectivity index (χ1) is 14.9. The van der Waals surface area contributed by atoms with Crippen LogP contribution in [-0.4, -0.2) is 35.0 Å². The highest BCUT2D eigenvalue weighted by Crippen LogP contribution is 2.20. The highest BCUT2D eigenvalue weighted by molar-refractivity contribution is 5.96. The van der Waals surface area contributed by atoms with E-state index in [9.17, 15) is 9.90 Å². The van der Waals surface area contributed by atoms with Gasteiger partial charge in [-0.3, -0.25) is 9.69 Å². The van der Waals surface area contributed by atoms with E-state index < -0.39 is 6.10 Å². The second kappa shape index (κ2) is 10.9. The van der Waals surface area contributed by atoms with Crippen LogP contribution < -0.4 is 4.74 Å². The number of para-hydroxylation sites is 1. The first-order valence-corrected chi connectivity index (χ1v) is 10.7. The van der Waals surface area contributed by atoms with Gasteiger partial charge in [-0.05, 0) is 48.2 Å². The molecule has 31 heavy (non-hydrogen) atoms. The van der Waals surface area contributed by atoms with E-state index in [1.165, 1.54) is 18.1 Å². The van der Waals surface area contributed by atoms with Crippen molar-refractivity contribution in [2.24, 2.45) is 0 Å². The lowest BCUT2D eigenvalue weighted by atomic mass is 10.0. The molecule has 5 nitrogen and oxygen atoms in total. The molecule has 1 unspecified atom stereocenters. The van der Waals surface area contributed by atoms with Crippen LogP contribution in [0.4, 0.5) is 0 Å². The normalized spacial score (nSPS) is 12.3. The molecular weight excluding hydrogens is 390 g/mol. The van der Waals surface area contributed by atoms with Gasteiger partial charge in [0.1, 0.15) is 24.2 Å². The third-order valence-electron chi connectivity index (χ3n) is 5.18. The van der Waals surface area contributed by atoms with Gasteiger partial charge in [0.15, 0.2) is 5.78 Å². The second-order valence-corrected chi connectivity index (χ2v) is 8.16. The average molecular weight is 422 g/mol. The summed E-state index contributed by atoms with van der Waals surface area (Å²) >= 11 is 0. The summed E-state index contributed by atoms with van der Waals surface area (Å²) < 4.78 is 11.3. The van der Waals surface area contributed by atoms with Gasteiger partial charge in [0, 0.05) is 13.1 Å². The molecule has 5 heteroatoms. The van der Waals surface area contributed by atoms with Crippen molar-refractivity contribution in [3.05, 3.63) is 89.4 Å². The summed E-state index contributed by atoms with van der Waals surface area (Å²) in [6.07, 6.45) is 0.938. The Bertz CT molecular complexity index is 948. The summed E-state index contributed by atoms with van der Waals surface area (Å²) in [6, 6.07) is 19.5. The number of ether oxygens (including phenoxy) is 1. The third kappa shape index (κ3) is 6.81. The van der Waals surface area contributed by atoms with Crippen LogP contribution in [0.1, 0.15) is 53.9 Å². The molecule has 0 saturated heterocycles. The van der Waals surface area contributed by atoms with Gasteiger partial charge in [0.05, 0.1) is 18.4 Å². The molecule has 3 rings (SSSR count). The van der Waals surface area contributed by atoms with Gasteiger partial charge in [0.25, 0.3) is 0 Å². The van der Waals surface area contributed by atoms with Crippen LogP contribution in [0, 0.1) is 0 Å². The van der Waals surface area contributed by atoms with Crippen molar-refractivity contribution in [2.45, 2.75) is 45.9 Å². The maximum absolute atomic E-state index is 11.8. The van der Waals surface area contributed by atoms with E-state index in [0.717, 1.165) is 5.76 Å². The lowest BCUT2D eigenvalue weighted by Crippen LogP contribution is -2.35. The summed E-state index contributed by atoms with van der Waals surface area (Å²) in [5.41, 5.74) is 3.00. The summed E-state index contributed by atoms with van der Waals surface area (Å²) in [5, 5.41) is 10.7. The number of aliphatic hydroxyl groups excluding tert-OH is 1. The Hall–Kier alpha value is -2.89. The number of hydrogen-bond acceptors (Lipinski definition) is 5. The van der Waals surface area contributed by atoms with Crippen molar-refractivity contribution < 1.29 is 19.1 Å². The summed E-state index contributed by atoms with van der Waals surface area (Å²) in [7, 11) is 0. The number of rotatable bonds is 11. The van der Waals surface area contributed by atoms with Gasteiger partial charge < -0.3 is 14.3 Å². The predicted octanol–water partition coefficient (Wildman–Crippen LogP) is 5.05. The zero-order valence-corrected chi connectivity index (χ0v) is 18.5. The highest BCUT2D eigenvalue weighted by atomic mass is 16.5. The largest absolute Gasteiger partial charge is 0.490 e. The van der Waals surface area contributed by atoms with E-state index in [4.69, 9.17) is 9.15 Å². The molecule has 2 aromatic carbocycles. The molecule has 164 valence electrons. The zero-order valence-electron chi connectivity index (χ0n) is 18.5. The molecule has 0 radical (unpaired) electrons. The number of nitrogens with zero attached hydrogens (tertiary/aromatic N) is 1. The number of furan rings is 1. The number of aliphatic hydroxyl groups is 1. The molecule has 0 aliphatic rings. The second-order valence-electron chi connectivity index (χ2n) is 8.16. The Balaban J connectivity index is 1.64. The molecular formula is C26H31NO4. The van der Waals surface area contributed by atoms with E-state index in [1.54, 1.807) is 24.5 Å². The van der Waals surface area contributed by atoms with Crippen LogP contribution in [0.2, 0.25) is 0 Å². The van der Waals surface area contributed by atoms with Crippen LogP contribution in [-0.2, 0) is 13.1 Å². The van der Waals surface area contributed by atoms with Crippen LogP contribution in [0.25, 0.3) is 0 Å². The van der Waals surface area contributed by atoms with Gasteiger partial charge in [0.2, 0.25) is 0 Å². The molecule has 0 spiro atoms. The lowest BCUT2D eigenvalue weighted by molar-refractivity contribution is 0.0599.